The quantitative estimate of drug-likeness (QED) is 0.360. The van der Waals surface area contributed by atoms with Gasteiger partial charge in [-0.2, -0.15) is 0 Å². The van der Waals surface area contributed by atoms with Crippen molar-refractivity contribution in [2.24, 2.45) is 0 Å². The fourth-order valence-electron chi connectivity index (χ4n) is 1.81. The third-order valence-electron chi connectivity index (χ3n) is 2.82. The molecule has 0 heterocycles. The van der Waals surface area contributed by atoms with Gasteiger partial charge in [-0.15, -0.1) is 6.42 Å². The highest BCUT2D eigenvalue weighted by Gasteiger charge is 1.91. The minimum Gasteiger partial charge on any atom is -0.106 e. The summed E-state index contributed by atoms with van der Waals surface area (Å²) in [6, 6.07) is 0. The maximum atomic E-state index is 5.04. The molecule has 0 aromatic carbocycles. The maximum absolute atomic E-state index is 5.04. The van der Waals surface area contributed by atoms with Crippen LogP contribution in [0.3, 0.4) is 0 Å². The first-order valence-electron chi connectivity index (χ1n) is 6.85. The molecule has 0 N–H and O–H groups in total. The molecular weight excluding hydrogens is 192 g/mol. The van der Waals surface area contributed by atoms with E-state index in [0.29, 0.717) is 0 Å². The van der Waals surface area contributed by atoms with E-state index in [4.69, 9.17) is 6.42 Å². The largest absolute Gasteiger partial charge is 0.106 e. The molecule has 0 heteroatoms. The van der Waals surface area contributed by atoms with Crippen molar-refractivity contribution in [2.45, 2.75) is 77.6 Å². The van der Waals surface area contributed by atoms with Crippen LogP contribution < -0.4 is 0 Å². The minimum atomic E-state index is 0.973. The van der Waals surface area contributed by atoms with Crippen molar-refractivity contribution in [3.63, 3.8) is 0 Å². The molecule has 0 atom stereocenters. The Hall–Kier alpha value is -0.880. The molecule has 0 amide bonds. The van der Waals surface area contributed by atoms with Crippen molar-refractivity contribution >= 4 is 0 Å². The second-order valence-electron chi connectivity index (χ2n) is 4.38. The van der Waals surface area contributed by atoms with Gasteiger partial charge in [0, 0.05) is 6.42 Å². The first kappa shape index (κ1) is 15.1. The molecule has 16 heavy (non-hydrogen) atoms. The summed E-state index contributed by atoms with van der Waals surface area (Å²) in [6.07, 6.45) is 19.8. The molecule has 0 unspecified atom stereocenters. The second kappa shape index (κ2) is 14.1. The van der Waals surface area contributed by atoms with Gasteiger partial charge in [0.05, 0.1) is 0 Å². The number of unbranched alkanes of at least 4 members (excludes halogenated alkanes) is 10. The lowest BCUT2D eigenvalue weighted by Crippen LogP contribution is -1.81. The Morgan fingerprint density at radius 1 is 0.750 bits per heavy atom. The summed E-state index contributed by atoms with van der Waals surface area (Å²) in [7, 11) is 0. The second-order valence-corrected chi connectivity index (χ2v) is 4.38. The molecule has 0 aromatic heterocycles. The zero-order valence-electron chi connectivity index (χ0n) is 10.9. The van der Waals surface area contributed by atoms with Crippen LogP contribution in [0.2, 0.25) is 0 Å². The molecule has 0 saturated heterocycles. The van der Waals surface area contributed by atoms with Crippen LogP contribution in [0.1, 0.15) is 77.6 Å². The van der Waals surface area contributed by atoms with Crippen molar-refractivity contribution < 1.29 is 0 Å². The zero-order valence-corrected chi connectivity index (χ0v) is 10.9. The zero-order chi connectivity index (χ0) is 11.9. The fourth-order valence-corrected chi connectivity index (χ4v) is 1.81. The average molecular weight is 218 g/mol. The van der Waals surface area contributed by atoms with Crippen LogP contribution in [0.5, 0.6) is 0 Å². The summed E-state index contributed by atoms with van der Waals surface area (Å²) in [5, 5.41) is 0. The topological polar surface area (TPSA) is 0 Å². The van der Waals surface area contributed by atoms with Crippen LogP contribution in [0, 0.1) is 24.2 Å². The number of hydrogen-bond acceptors (Lipinski definition) is 0. The molecular formula is C16H26. The molecule has 0 aliphatic carbocycles. The Morgan fingerprint density at radius 2 is 1.25 bits per heavy atom. The van der Waals surface area contributed by atoms with Crippen molar-refractivity contribution in [2.75, 3.05) is 0 Å². The normalized spacial score (nSPS) is 9.25. The molecule has 0 aliphatic rings. The monoisotopic (exact) mass is 218 g/mol. The molecule has 0 saturated carbocycles. The average Bonchev–Trinajstić information content (AvgIpc) is 2.31. The number of rotatable bonds is 10. The van der Waals surface area contributed by atoms with Gasteiger partial charge < -0.3 is 0 Å². The highest BCUT2D eigenvalue weighted by Crippen LogP contribution is 2.10. The SMILES string of the molecule is C#CC#CCCCCCCCCCCCC. The van der Waals surface area contributed by atoms with Crippen LogP contribution in [0.4, 0.5) is 0 Å². The fraction of sp³-hybridized carbons (Fsp3) is 0.750. The summed E-state index contributed by atoms with van der Waals surface area (Å²) in [4.78, 5) is 0. The van der Waals surface area contributed by atoms with E-state index in [0.717, 1.165) is 6.42 Å². The van der Waals surface area contributed by atoms with E-state index >= 15 is 0 Å². The highest BCUT2D eigenvalue weighted by molar-refractivity contribution is 5.21. The standard InChI is InChI=1S/C16H26/c1-3-5-7-9-11-13-15-16-14-12-10-8-6-4-2/h1H,4,6,8-16H2,2H3. The van der Waals surface area contributed by atoms with Gasteiger partial charge in [-0.25, -0.2) is 0 Å². The van der Waals surface area contributed by atoms with Gasteiger partial charge in [-0.05, 0) is 18.3 Å². The van der Waals surface area contributed by atoms with Crippen LogP contribution in [-0.4, -0.2) is 0 Å². The molecule has 0 spiro atoms. The summed E-state index contributed by atoms with van der Waals surface area (Å²) >= 11 is 0. The van der Waals surface area contributed by atoms with Crippen molar-refractivity contribution in [3.05, 3.63) is 0 Å². The van der Waals surface area contributed by atoms with Crippen LogP contribution in [-0.2, 0) is 0 Å². The van der Waals surface area contributed by atoms with E-state index in [1.165, 1.54) is 64.2 Å². The Kier molecular flexibility index (Phi) is 13.3. The van der Waals surface area contributed by atoms with Gasteiger partial charge in [0.15, 0.2) is 0 Å². The molecule has 0 radical (unpaired) electrons. The smallest absolute Gasteiger partial charge is 0.00989 e. The molecule has 0 aromatic rings. The van der Waals surface area contributed by atoms with E-state index in [1.54, 1.807) is 0 Å². The number of hydrogen-bond donors (Lipinski definition) is 0. The van der Waals surface area contributed by atoms with Crippen molar-refractivity contribution in [3.8, 4) is 24.2 Å². The predicted octanol–water partition coefficient (Wildman–Crippen LogP) is 4.93. The van der Waals surface area contributed by atoms with Crippen LogP contribution in [0.15, 0.2) is 0 Å². The Morgan fingerprint density at radius 3 is 1.75 bits per heavy atom. The Bertz CT molecular complexity index is 221. The van der Waals surface area contributed by atoms with Crippen LogP contribution in [0.25, 0.3) is 0 Å². The van der Waals surface area contributed by atoms with Gasteiger partial charge >= 0.3 is 0 Å². The van der Waals surface area contributed by atoms with Crippen molar-refractivity contribution in [1.29, 1.82) is 0 Å². The molecule has 0 rings (SSSR count). The predicted molar refractivity (Wildman–Crippen MR) is 73.1 cm³/mol. The Labute approximate surface area is 102 Å². The molecule has 90 valence electrons. The van der Waals surface area contributed by atoms with Gasteiger partial charge in [-0.3, -0.25) is 0 Å². The van der Waals surface area contributed by atoms with E-state index in [9.17, 15) is 0 Å². The molecule has 0 fully saturated rings. The van der Waals surface area contributed by atoms with Gasteiger partial charge in [0.2, 0.25) is 0 Å². The van der Waals surface area contributed by atoms with E-state index in [1.807, 2.05) is 0 Å². The van der Waals surface area contributed by atoms with E-state index in [2.05, 4.69) is 24.7 Å². The molecule has 0 aliphatic heterocycles. The van der Waals surface area contributed by atoms with Gasteiger partial charge in [-0.1, -0.05) is 70.6 Å². The third-order valence-corrected chi connectivity index (χ3v) is 2.82. The Balaban J connectivity index is 2.96. The number of terminal acetylenes is 1. The summed E-state index contributed by atoms with van der Waals surface area (Å²) in [6.45, 7) is 2.27. The van der Waals surface area contributed by atoms with E-state index in [-0.39, 0.29) is 0 Å². The maximum Gasteiger partial charge on any atom is 0.00989 e. The summed E-state index contributed by atoms with van der Waals surface area (Å²) in [5.41, 5.74) is 0. The lowest BCUT2D eigenvalue weighted by Gasteiger charge is -2.00. The van der Waals surface area contributed by atoms with E-state index < -0.39 is 0 Å². The van der Waals surface area contributed by atoms with Gasteiger partial charge in [0.25, 0.3) is 0 Å². The first-order chi connectivity index (χ1) is 7.91. The molecule has 0 nitrogen and oxygen atoms in total. The third kappa shape index (κ3) is 13.1. The van der Waals surface area contributed by atoms with Gasteiger partial charge in [0.1, 0.15) is 0 Å². The highest BCUT2D eigenvalue weighted by atomic mass is 14.0. The summed E-state index contributed by atoms with van der Waals surface area (Å²) < 4.78 is 0. The van der Waals surface area contributed by atoms with Crippen LogP contribution >= 0.6 is 0 Å². The summed E-state index contributed by atoms with van der Waals surface area (Å²) in [5.74, 6) is 7.97. The first-order valence-corrected chi connectivity index (χ1v) is 6.85. The lowest BCUT2D eigenvalue weighted by atomic mass is 10.1. The minimum absolute atomic E-state index is 0.973. The van der Waals surface area contributed by atoms with Crippen molar-refractivity contribution in [1.82, 2.24) is 0 Å². The lowest BCUT2D eigenvalue weighted by molar-refractivity contribution is 0.558. The molecule has 0 bridgehead atoms.